The molecule has 2 heterocycles. The van der Waals surface area contributed by atoms with E-state index < -0.39 is 65.4 Å². The maximum Gasteiger partial charge on any atom is 0.448 e. The van der Waals surface area contributed by atoms with Gasteiger partial charge in [-0.05, 0) is 36.2 Å². The lowest BCUT2D eigenvalue weighted by Crippen LogP contribution is -2.36. The van der Waals surface area contributed by atoms with Crippen molar-refractivity contribution < 1.29 is 45.6 Å². The highest BCUT2D eigenvalue weighted by molar-refractivity contribution is 6.31. The molecule has 4 aromatic rings. The number of halogens is 6. The number of nitrogens with zero attached hydrogens (tertiary/aromatic N) is 2. The minimum atomic E-state index is -4.66. The first kappa shape index (κ1) is 33.7. The van der Waals surface area contributed by atoms with Gasteiger partial charge in [-0.3, -0.25) is 9.59 Å². The van der Waals surface area contributed by atoms with E-state index in [0.29, 0.717) is 44.0 Å². The van der Waals surface area contributed by atoms with Crippen LogP contribution < -0.4 is 4.90 Å². The first-order valence-corrected chi connectivity index (χ1v) is 16.1. The molecule has 1 N–H and O–H groups in total. The smallest absolute Gasteiger partial charge is 0.384 e. The third-order valence-electron chi connectivity index (χ3n) is 10.3. The quantitative estimate of drug-likeness (QED) is 0.101. The number of aliphatic hydroxyl groups is 1. The Morgan fingerprint density at radius 2 is 1.34 bits per heavy atom. The number of benzene rings is 4. The predicted molar refractivity (Wildman–Crippen MR) is 179 cm³/mol. The largest absolute Gasteiger partial charge is 0.448 e. The Morgan fingerprint density at radius 1 is 0.760 bits per heavy atom. The third-order valence-corrected chi connectivity index (χ3v) is 10.3. The molecule has 2 atom stereocenters. The van der Waals surface area contributed by atoms with E-state index in [1.54, 1.807) is 100 Å². The molecule has 3 aliphatic rings. The fourth-order valence-electron chi connectivity index (χ4n) is 7.92. The first-order valence-electron chi connectivity index (χ1n) is 16.1. The van der Waals surface area contributed by atoms with Crippen molar-refractivity contribution in [2.45, 2.75) is 57.0 Å². The summed E-state index contributed by atoms with van der Waals surface area (Å²) in [7, 11) is 0. The number of carbonyl (C=O) groups is 2. The second kappa shape index (κ2) is 11.1. The number of anilines is 1. The van der Waals surface area contributed by atoms with Gasteiger partial charge in [-0.15, -0.1) is 0 Å². The van der Waals surface area contributed by atoms with Gasteiger partial charge < -0.3 is 10.0 Å². The highest BCUT2D eigenvalue weighted by Gasteiger charge is 2.53. The van der Waals surface area contributed by atoms with Crippen LogP contribution in [0.2, 0.25) is 0 Å². The lowest BCUT2D eigenvalue weighted by Gasteiger charge is -2.29. The zero-order valence-corrected chi connectivity index (χ0v) is 27.6. The minimum absolute atomic E-state index is 0.0390. The molecule has 0 saturated heterocycles. The number of Topliss-reactive ketones (excluding diaryl/α,β-unsaturated/α-hetero) is 2. The van der Waals surface area contributed by atoms with E-state index in [1.165, 1.54) is 6.08 Å². The second-order valence-corrected chi connectivity index (χ2v) is 14.2. The van der Waals surface area contributed by atoms with Gasteiger partial charge in [-0.25, -0.2) is 0 Å². The Kier molecular flexibility index (Phi) is 7.50. The molecule has 0 aromatic heterocycles. The molecule has 2 unspecified atom stereocenters. The van der Waals surface area contributed by atoms with E-state index in [9.17, 15) is 41.0 Å². The van der Waals surface area contributed by atoms with Gasteiger partial charge in [-0.1, -0.05) is 86.7 Å². The Bertz CT molecular complexity index is 2220. The van der Waals surface area contributed by atoms with Gasteiger partial charge in [0.05, 0.1) is 28.0 Å². The van der Waals surface area contributed by atoms with E-state index in [2.05, 4.69) is 0 Å². The maximum absolute atomic E-state index is 14.1. The molecule has 7 rings (SSSR count). The summed E-state index contributed by atoms with van der Waals surface area (Å²) < 4.78 is 85.9. The molecular weight excluding hydrogens is 658 g/mol. The van der Waals surface area contributed by atoms with Crippen LogP contribution in [0.15, 0.2) is 96.2 Å². The molecule has 0 radical (unpaired) electrons. The summed E-state index contributed by atoms with van der Waals surface area (Å²) in [5.74, 6) is -3.45. The van der Waals surface area contributed by atoms with E-state index in [4.69, 9.17) is 0 Å². The molecular formula is C39H33F6N2O3+. The fraction of sp³-hybridized carbons (Fsp3) is 0.308. The third kappa shape index (κ3) is 5.25. The van der Waals surface area contributed by atoms with Gasteiger partial charge in [0, 0.05) is 28.1 Å². The molecule has 50 heavy (non-hydrogen) atoms. The van der Waals surface area contributed by atoms with Gasteiger partial charge >= 0.3 is 12.4 Å². The maximum atomic E-state index is 14.1. The SMILES string of the molecule is CC1(C)C(=CC2C(=O)C(=CC3=[N+](CC(F)(F)F)c4c(ccc5ccccc45)C3(C)C)C(=O)C2O)N(CC(F)(F)F)c2c1ccc1ccccc21. The standard InChI is InChI=1S/C39H33F6N2O3/c1-36(2)27-15-13-21-9-5-7-11-23(21)31(27)46(19-38(40,41)42)29(36)17-25-33(48)26(35(50)34(25)49)18-30-37(3,4)28-16-14-22-10-6-8-12-24(22)32(28)47(30)20-39(43,44)45/h5-18,25,34,49H,19-20H2,1-4H3/q+1. The molecule has 1 aliphatic carbocycles. The van der Waals surface area contributed by atoms with Crippen molar-refractivity contribution in [3.05, 3.63) is 107 Å². The van der Waals surface area contributed by atoms with Crippen molar-refractivity contribution >= 4 is 50.2 Å². The number of alkyl halides is 6. The number of carbonyl (C=O) groups excluding carboxylic acids is 2. The number of ketones is 2. The summed E-state index contributed by atoms with van der Waals surface area (Å²) in [5.41, 5.74) is -0.809. The van der Waals surface area contributed by atoms with Crippen molar-refractivity contribution in [3.8, 4) is 0 Å². The van der Waals surface area contributed by atoms with Crippen LogP contribution in [0.3, 0.4) is 0 Å². The van der Waals surface area contributed by atoms with Gasteiger partial charge in [0.15, 0.2) is 17.3 Å². The lowest BCUT2D eigenvalue weighted by molar-refractivity contribution is -0.479. The highest BCUT2D eigenvalue weighted by atomic mass is 19.4. The molecule has 0 bridgehead atoms. The zero-order chi connectivity index (χ0) is 36.1. The van der Waals surface area contributed by atoms with Crippen LogP contribution in [0.5, 0.6) is 0 Å². The number of rotatable bonds is 4. The predicted octanol–water partition coefficient (Wildman–Crippen LogP) is 8.23. The van der Waals surface area contributed by atoms with Crippen LogP contribution in [0.25, 0.3) is 21.5 Å². The van der Waals surface area contributed by atoms with Crippen molar-refractivity contribution in [2.75, 3.05) is 18.0 Å². The van der Waals surface area contributed by atoms with Crippen LogP contribution in [0.1, 0.15) is 38.8 Å². The van der Waals surface area contributed by atoms with Crippen LogP contribution in [-0.2, 0) is 20.4 Å². The second-order valence-electron chi connectivity index (χ2n) is 14.2. The lowest BCUT2D eigenvalue weighted by atomic mass is 9.80. The molecule has 0 amide bonds. The highest BCUT2D eigenvalue weighted by Crippen LogP contribution is 2.52. The number of allylic oxidation sites excluding steroid dienone is 2. The van der Waals surface area contributed by atoms with Crippen LogP contribution in [0, 0.1) is 5.92 Å². The Morgan fingerprint density at radius 3 is 1.96 bits per heavy atom. The van der Waals surface area contributed by atoms with Crippen molar-refractivity contribution in [1.29, 1.82) is 0 Å². The minimum Gasteiger partial charge on any atom is -0.384 e. The molecule has 5 nitrogen and oxygen atoms in total. The van der Waals surface area contributed by atoms with Crippen LogP contribution in [-0.4, -0.2) is 58.5 Å². The Labute approximate surface area is 283 Å². The normalized spacial score (nSPS) is 23.2. The molecule has 0 spiro atoms. The van der Waals surface area contributed by atoms with Crippen LogP contribution in [0.4, 0.5) is 37.7 Å². The summed E-state index contributed by atoms with van der Waals surface area (Å²) >= 11 is 0. The van der Waals surface area contributed by atoms with Crippen LogP contribution >= 0.6 is 0 Å². The summed E-state index contributed by atoms with van der Waals surface area (Å²) in [4.78, 5) is 28.8. The monoisotopic (exact) mass is 691 g/mol. The molecule has 1 saturated carbocycles. The fourth-order valence-corrected chi connectivity index (χ4v) is 7.92. The number of hydrogen-bond donors (Lipinski definition) is 1. The molecule has 4 aromatic carbocycles. The van der Waals surface area contributed by atoms with E-state index in [0.717, 1.165) is 15.6 Å². The van der Waals surface area contributed by atoms with E-state index >= 15 is 0 Å². The summed E-state index contributed by atoms with van der Waals surface area (Å²) in [6.45, 7) is 4.02. The molecule has 258 valence electrons. The topological polar surface area (TPSA) is 60.6 Å². The molecule has 1 fully saturated rings. The number of fused-ring (bicyclic) bond motifs is 6. The summed E-state index contributed by atoms with van der Waals surface area (Å²) in [6.07, 6.45) is -8.91. The Hall–Kier alpha value is -4.77. The Balaban J connectivity index is 1.38. The zero-order valence-electron chi connectivity index (χ0n) is 27.6. The van der Waals surface area contributed by atoms with E-state index in [1.807, 2.05) is 0 Å². The van der Waals surface area contributed by atoms with Crippen molar-refractivity contribution in [2.24, 2.45) is 5.92 Å². The van der Waals surface area contributed by atoms with Crippen molar-refractivity contribution in [3.63, 3.8) is 0 Å². The number of aliphatic hydroxyl groups excluding tert-OH is 1. The average molecular weight is 692 g/mol. The molecule has 2 aliphatic heterocycles. The average Bonchev–Trinajstić information content (AvgIpc) is 3.47. The van der Waals surface area contributed by atoms with Crippen molar-refractivity contribution in [1.82, 2.24) is 0 Å². The van der Waals surface area contributed by atoms with Gasteiger partial charge in [-0.2, -0.15) is 30.9 Å². The van der Waals surface area contributed by atoms with E-state index in [-0.39, 0.29) is 11.4 Å². The first-order chi connectivity index (χ1) is 23.3. The van der Waals surface area contributed by atoms with Gasteiger partial charge in [0.1, 0.15) is 12.6 Å². The molecule has 11 heteroatoms. The van der Waals surface area contributed by atoms with Gasteiger partial charge in [0.25, 0.3) is 0 Å². The summed E-state index contributed by atoms with van der Waals surface area (Å²) in [5, 5.41) is 13.7. The summed E-state index contributed by atoms with van der Waals surface area (Å²) in [6, 6.07) is 21.0. The number of hydrogen-bond acceptors (Lipinski definition) is 4. The van der Waals surface area contributed by atoms with Gasteiger partial charge in [0.2, 0.25) is 12.2 Å².